The Kier molecular flexibility index (Phi) is 8.78. The summed E-state index contributed by atoms with van der Waals surface area (Å²) >= 11 is 7.12. The van der Waals surface area contributed by atoms with Gasteiger partial charge in [-0.05, 0) is 54.5 Å². The minimum atomic E-state index is -0.675. The van der Waals surface area contributed by atoms with Crippen LogP contribution in [0, 0.1) is 12.8 Å². The van der Waals surface area contributed by atoms with Crippen molar-refractivity contribution in [1.29, 1.82) is 0 Å². The summed E-state index contributed by atoms with van der Waals surface area (Å²) < 4.78 is 7.93. The van der Waals surface area contributed by atoms with E-state index >= 15 is 0 Å². The quantitative estimate of drug-likeness (QED) is 0.259. The number of nitrogens with one attached hydrogen (secondary N) is 3. The first kappa shape index (κ1) is 32.2. The minimum absolute atomic E-state index is 0.0439. The fraction of sp³-hybridized carbons (Fsp3) is 0.343. The lowest BCUT2D eigenvalue weighted by atomic mass is 9.96. The number of aromatic nitrogens is 3. The van der Waals surface area contributed by atoms with Gasteiger partial charge in [0.05, 0.1) is 17.8 Å². The lowest BCUT2D eigenvalue weighted by Gasteiger charge is -2.22. The molecular formula is C35H37ClN6O5. The van der Waals surface area contributed by atoms with Gasteiger partial charge in [-0.15, -0.1) is 0 Å². The van der Waals surface area contributed by atoms with Gasteiger partial charge in [0.2, 0.25) is 11.8 Å². The first-order valence-electron chi connectivity index (χ1n) is 15.6. The van der Waals surface area contributed by atoms with Crippen LogP contribution in [0.2, 0.25) is 5.02 Å². The van der Waals surface area contributed by atoms with E-state index in [1.165, 1.54) is 24.9 Å². The predicted molar refractivity (Wildman–Crippen MR) is 181 cm³/mol. The average molecular weight is 657 g/mol. The van der Waals surface area contributed by atoms with E-state index in [9.17, 15) is 19.2 Å². The molecule has 0 spiro atoms. The van der Waals surface area contributed by atoms with Crippen LogP contribution in [0.25, 0.3) is 22.4 Å². The highest BCUT2D eigenvalue weighted by atomic mass is 35.5. The van der Waals surface area contributed by atoms with Gasteiger partial charge >= 0.3 is 5.69 Å². The molecule has 0 saturated carbocycles. The number of benzene rings is 2. The normalized spacial score (nSPS) is 18.6. The zero-order valence-corrected chi connectivity index (χ0v) is 27.7. The number of fused-ring (bicyclic) bond motifs is 1. The zero-order valence-electron chi connectivity index (χ0n) is 26.9. The van der Waals surface area contributed by atoms with Crippen molar-refractivity contribution >= 4 is 29.1 Å². The van der Waals surface area contributed by atoms with Crippen LogP contribution in [-0.2, 0) is 25.3 Å². The fourth-order valence-corrected chi connectivity index (χ4v) is 7.01. The molecule has 2 amide bonds. The van der Waals surface area contributed by atoms with Crippen molar-refractivity contribution in [2.75, 3.05) is 19.0 Å². The van der Waals surface area contributed by atoms with Gasteiger partial charge in [0, 0.05) is 67.7 Å². The molecule has 12 heteroatoms. The van der Waals surface area contributed by atoms with Crippen molar-refractivity contribution in [2.24, 2.45) is 20.0 Å². The molecule has 0 radical (unpaired) electrons. The second-order valence-corrected chi connectivity index (χ2v) is 12.7. The third-order valence-corrected chi connectivity index (χ3v) is 9.64. The number of hydrogen-bond acceptors (Lipinski definition) is 7. The molecule has 3 heterocycles. The lowest BCUT2D eigenvalue weighted by molar-refractivity contribution is -0.119. The van der Waals surface area contributed by atoms with Crippen LogP contribution >= 0.6 is 11.6 Å². The van der Waals surface area contributed by atoms with E-state index < -0.39 is 17.2 Å². The summed E-state index contributed by atoms with van der Waals surface area (Å²) in [5, 5.41) is 10.0. The van der Waals surface area contributed by atoms with Gasteiger partial charge in [0.25, 0.3) is 11.5 Å². The molecule has 6 rings (SSSR count). The predicted octanol–water partition coefficient (Wildman–Crippen LogP) is 4.14. The van der Waals surface area contributed by atoms with Crippen molar-refractivity contribution in [3.8, 4) is 28.3 Å². The Morgan fingerprint density at radius 3 is 2.55 bits per heavy atom. The Morgan fingerprint density at radius 2 is 1.83 bits per heavy atom. The number of nitrogens with zero attached hydrogens (tertiary/aromatic N) is 3. The van der Waals surface area contributed by atoms with E-state index in [0.717, 1.165) is 50.8 Å². The molecule has 0 bridgehead atoms. The van der Waals surface area contributed by atoms with Gasteiger partial charge < -0.3 is 25.3 Å². The summed E-state index contributed by atoms with van der Waals surface area (Å²) in [5.41, 5.74) is 5.08. The molecule has 2 aliphatic rings. The Bertz CT molecular complexity index is 2040. The van der Waals surface area contributed by atoms with E-state index in [-0.39, 0.29) is 23.6 Å². The maximum atomic E-state index is 13.2. The zero-order chi connectivity index (χ0) is 33.6. The number of rotatable bonds is 8. The van der Waals surface area contributed by atoms with E-state index in [1.807, 2.05) is 37.3 Å². The summed E-state index contributed by atoms with van der Waals surface area (Å²) in [6, 6.07) is 13.5. The molecular weight excluding hydrogens is 620 g/mol. The van der Waals surface area contributed by atoms with Crippen molar-refractivity contribution in [1.82, 2.24) is 24.8 Å². The molecule has 1 aliphatic carbocycles. The number of carbonyl (C=O) groups is 2. The number of aryl methyl sites for hydroxylation is 1. The first-order valence-corrected chi connectivity index (χ1v) is 15.9. The number of amides is 2. The van der Waals surface area contributed by atoms with Crippen LogP contribution in [0.3, 0.4) is 0 Å². The van der Waals surface area contributed by atoms with Gasteiger partial charge in [-0.1, -0.05) is 48.9 Å². The highest BCUT2D eigenvalue weighted by Crippen LogP contribution is 2.44. The van der Waals surface area contributed by atoms with Crippen molar-refractivity contribution in [2.45, 2.75) is 45.2 Å². The molecule has 3 N–H and O–H groups in total. The summed E-state index contributed by atoms with van der Waals surface area (Å²) in [6.07, 6.45) is 3.47. The van der Waals surface area contributed by atoms with Crippen molar-refractivity contribution in [3.63, 3.8) is 0 Å². The van der Waals surface area contributed by atoms with E-state index in [0.29, 0.717) is 41.2 Å². The number of anilines is 1. The molecule has 244 valence electrons. The minimum Gasteiger partial charge on any atom is -0.481 e. The second kappa shape index (κ2) is 12.8. The van der Waals surface area contributed by atoms with Crippen LogP contribution < -0.4 is 31.9 Å². The standard InChI is InChI=1S/C35H37ClN6O5/c1-18-14-20-15-27(40-33(47-5)29(20)31(18)37-16-21-12-13-28(43)38-21)24-10-6-9-23(30(24)36)22-8-7-11-26(19(22)2)39-32(44)25-17-41(3)35(46)42(4)34(25)45/h6-11,15,17-18,21,31,37H,12-14,16H2,1-5H3,(H,38,43)(H,39,44)/t18-,21?,31+/m1/s1. The lowest BCUT2D eigenvalue weighted by Crippen LogP contribution is -2.40. The maximum absolute atomic E-state index is 13.2. The van der Waals surface area contributed by atoms with Crippen LogP contribution in [0.4, 0.5) is 5.69 Å². The third-order valence-electron chi connectivity index (χ3n) is 9.23. The van der Waals surface area contributed by atoms with Gasteiger partial charge in [-0.25, -0.2) is 9.78 Å². The molecule has 1 unspecified atom stereocenters. The number of ether oxygens (including phenoxy) is 1. The average Bonchev–Trinajstić information content (AvgIpc) is 3.62. The first-order chi connectivity index (χ1) is 22.5. The molecule has 1 saturated heterocycles. The molecule has 11 nitrogen and oxygen atoms in total. The van der Waals surface area contributed by atoms with Crippen LogP contribution in [0.15, 0.2) is 58.3 Å². The van der Waals surface area contributed by atoms with Crippen molar-refractivity contribution < 1.29 is 14.3 Å². The van der Waals surface area contributed by atoms with E-state index in [2.05, 4.69) is 28.9 Å². The summed E-state index contributed by atoms with van der Waals surface area (Å²) in [7, 11) is 4.44. The Hall–Kier alpha value is -4.74. The Morgan fingerprint density at radius 1 is 1.11 bits per heavy atom. The number of hydrogen-bond donors (Lipinski definition) is 3. The Labute approximate surface area is 276 Å². The summed E-state index contributed by atoms with van der Waals surface area (Å²) in [4.78, 5) is 54.5. The molecule has 3 atom stereocenters. The number of pyridine rings is 1. The number of carbonyl (C=O) groups excluding carboxylic acids is 2. The molecule has 47 heavy (non-hydrogen) atoms. The molecule has 2 aromatic carbocycles. The van der Waals surface area contributed by atoms with Gasteiger partial charge in [0.15, 0.2) is 0 Å². The van der Waals surface area contributed by atoms with E-state index in [1.54, 1.807) is 13.2 Å². The van der Waals surface area contributed by atoms with E-state index in [4.69, 9.17) is 21.3 Å². The number of halogens is 1. The SMILES string of the molecule is COc1nc(-c2cccc(-c3cccc(NC(=O)c4cn(C)c(=O)n(C)c4=O)c3C)c2Cl)cc2c1[C@@H](NCC1CCC(=O)N1)[C@H](C)C2. The monoisotopic (exact) mass is 656 g/mol. The second-order valence-electron chi connectivity index (χ2n) is 12.4. The fourth-order valence-electron chi connectivity index (χ4n) is 6.68. The molecule has 2 aromatic heterocycles. The smallest absolute Gasteiger partial charge is 0.330 e. The number of methoxy groups -OCH3 is 1. The maximum Gasteiger partial charge on any atom is 0.330 e. The molecule has 4 aromatic rings. The van der Waals surface area contributed by atoms with Crippen LogP contribution in [0.1, 0.15) is 52.9 Å². The largest absolute Gasteiger partial charge is 0.481 e. The van der Waals surface area contributed by atoms with Crippen LogP contribution in [0.5, 0.6) is 5.88 Å². The Balaban J connectivity index is 1.31. The van der Waals surface area contributed by atoms with Crippen molar-refractivity contribution in [3.05, 3.63) is 96.8 Å². The van der Waals surface area contributed by atoms with Gasteiger partial charge in [-0.3, -0.25) is 19.0 Å². The molecule has 1 aliphatic heterocycles. The van der Waals surface area contributed by atoms with Crippen LogP contribution in [-0.4, -0.2) is 45.6 Å². The highest BCUT2D eigenvalue weighted by molar-refractivity contribution is 6.36. The van der Waals surface area contributed by atoms with Gasteiger partial charge in [-0.2, -0.15) is 0 Å². The summed E-state index contributed by atoms with van der Waals surface area (Å²) in [5.74, 6) is 0.323. The highest BCUT2D eigenvalue weighted by Gasteiger charge is 2.35. The summed E-state index contributed by atoms with van der Waals surface area (Å²) in [6.45, 7) is 4.75. The van der Waals surface area contributed by atoms with Gasteiger partial charge in [0.1, 0.15) is 5.56 Å². The molecule has 1 fully saturated rings. The third kappa shape index (κ3) is 5.96. The topological polar surface area (TPSA) is 136 Å².